The van der Waals surface area contributed by atoms with Crippen LogP contribution in [0, 0.1) is 17.2 Å². The number of phenolic OH excluding ortho intramolecular Hbond substituents is 1. The molecule has 3 fully saturated rings. The summed E-state index contributed by atoms with van der Waals surface area (Å²) in [6, 6.07) is 13.5. The van der Waals surface area contributed by atoms with Crippen LogP contribution in [0.3, 0.4) is 0 Å². The highest BCUT2D eigenvalue weighted by atomic mass is 16.3. The van der Waals surface area contributed by atoms with Crippen molar-refractivity contribution < 1.29 is 19.5 Å². The van der Waals surface area contributed by atoms with Crippen molar-refractivity contribution in [3.05, 3.63) is 65.2 Å². The van der Waals surface area contributed by atoms with Gasteiger partial charge in [-0.2, -0.15) is 5.26 Å². The Kier molecular flexibility index (Phi) is 8.69. The van der Waals surface area contributed by atoms with Gasteiger partial charge in [0.25, 0.3) is 0 Å². The molecule has 3 unspecified atom stereocenters. The predicted molar refractivity (Wildman–Crippen MR) is 150 cm³/mol. The summed E-state index contributed by atoms with van der Waals surface area (Å²) in [5, 5.41) is 21.9. The van der Waals surface area contributed by atoms with Crippen molar-refractivity contribution in [2.45, 2.75) is 82.3 Å². The summed E-state index contributed by atoms with van der Waals surface area (Å²) < 4.78 is 0. The van der Waals surface area contributed by atoms with Crippen molar-refractivity contribution in [2.75, 3.05) is 13.1 Å². The molecule has 2 aromatic carbocycles. The fourth-order valence-corrected chi connectivity index (χ4v) is 6.62. The zero-order valence-electron chi connectivity index (χ0n) is 22.9. The van der Waals surface area contributed by atoms with E-state index in [0.29, 0.717) is 49.4 Å². The Labute approximate surface area is 236 Å². The molecule has 8 heteroatoms. The van der Waals surface area contributed by atoms with Gasteiger partial charge in [-0.05, 0) is 73.4 Å². The standard InChI is InChI=1S/C32H38N4O4/c33-21-24-9-13-25(14-10-24)29(30(38)34-18-17-22-11-15-26(37)16-12-22)36-28(20-23-6-2-1-3-7-23)31(39)35-19-5-4-8-27(35)32(36)40/h9-16,23,27-29,37H,1-8,17-20H2,(H,34,38). The number of aromatic hydroxyl groups is 1. The third kappa shape index (κ3) is 5.99. The first-order valence-electron chi connectivity index (χ1n) is 14.6. The number of carbonyl (C=O) groups excluding carboxylic acids is 3. The number of nitrogens with zero attached hydrogens (tertiary/aromatic N) is 3. The summed E-state index contributed by atoms with van der Waals surface area (Å²) >= 11 is 0. The number of hydrogen-bond donors (Lipinski definition) is 2. The Balaban J connectivity index is 1.46. The van der Waals surface area contributed by atoms with Crippen molar-refractivity contribution >= 4 is 17.7 Å². The summed E-state index contributed by atoms with van der Waals surface area (Å²) in [6.07, 6.45) is 9.03. The Bertz CT molecular complexity index is 1250. The van der Waals surface area contributed by atoms with Gasteiger partial charge in [0.15, 0.2) is 0 Å². The van der Waals surface area contributed by atoms with Gasteiger partial charge in [0.1, 0.15) is 23.9 Å². The molecule has 3 atom stereocenters. The molecule has 0 aromatic heterocycles. The van der Waals surface area contributed by atoms with Crippen LogP contribution in [-0.2, 0) is 20.8 Å². The van der Waals surface area contributed by atoms with E-state index in [1.54, 1.807) is 46.2 Å². The minimum absolute atomic E-state index is 0.0367. The number of rotatable bonds is 8. The van der Waals surface area contributed by atoms with Crippen molar-refractivity contribution in [3.8, 4) is 11.8 Å². The number of piperidine rings is 1. The Hall–Kier alpha value is -3.86. The molecule has 40 heavy (non-hydrogen) atoms. The molecule has 1 aliphatic carbocycles. The number of piperazine rings is 1. The van der Waals surface area contributed by atoms with Gasteiger partial charge in [-0.15, -0.1) is 0 Å². The van der Waals surface area contributed by atoms with E-state index in [9.17, 15) is 24.8 Å². The Morgan fingerprint density at radius 3 is 2.35 bits per heavy atom. The van der Waals surface area contributed by atoms with E-state index in [1.807, 2.05) is 12.1 Å². The largest absolute Gasteiger partial charge is 0.508 e. The Morgan fingerprint density at radius 1 is 0.950 bits per heavy atom. The van der Waals surface area contributed by atoms with Gasteiger partial charge >= 0.3 is 0 Å². The highest BCUT2D eigenvalue weighted by Crippen LogP contribution is 2.38. The maximum absolute atomic E-state index is 14.2. The van der Waals surface area contributed by atoms with E-state index in [4.69, 9.17) is 0 Å². The lowest BCUT2D eigenvalue weighted by atomic mass is 9.82. The summed E-state index contributed by atoms with van der Waals surface area (Å²) in [6.45, 7) is 0.930. The zero-order valence-corrected chi connectivity index (χ0v) is 22.9. The SMILES string of the molecule is N#Cc1ccc(C(C(=O)NCCc2ccc(O)cc2)N2C(=O)C3CCCCN3C(=O)C2CC2CCCCC2)cc1. The highest BCUT2D eigenvalue weighted by molar-refractivity contribution is 6.00. The van der Waals surface area contributed by atoms with Crippen LogP contribution in [-0.4, -0.2) is 57.8 Å². The molecule has 3 amide bonds. The number of benzene rings is 2. The zero-order chi connectivity index (χ0) is 28.1. The van der Waals surface area contributed by atoms with Gasteiger partial charge < -0.3 is 20.2 Å². The lowest BCUT2D eigenvalue weighted by Gasteiger charge is -2.50. The van der Waals surface area contributed by atoms with Crippen LogP contribution < -0.4 is 5.32 Å². The topological polar surface area (TPSA) is 114 Å². The van der Waals surface area contributed by atoms with Crippen molar-refractivity contribution in [3.63, 3.8) is 0 Å². The van der Waals surface area contributed by atoms with Crippen LogP contribution in [0.1, 0.15) is 80.5 Å². The minimum atomic E-state index is -0.971. The van der Waals surface area contributed by atoms with Crippen molar-refractivity contribution in [1.82, 2.24) is 15.1 Å². The third-order valence-electron chi connectivity index (χ3n) is 8.76. The summed E-state index contributed by atoms with van der Waals surface area (Å²) in [7, 11) is 0. The fraction of sp³-hybridized carbons (Fsp3) is 0.500. The molecule has 3 aliphatic rings. The number of phenols is 1. The second-order valence-corrected chi connectivity index (χ2v) is 11.4. The van der Waals surface area contributed by atoms with Crippen molar-refractivity contribution in [1.29, 1.82) is 5.26 Å². The molecule has 2 aliphatic heterocycles. The normalized spacial score (nSPS) is 22.4. The van der Waals surface area contributed by atoms with Gasteiger partial charge in [0.2, 0.25) is 17.7 Å². The van der Waals surface area contributed by atoms with Gasteiger partial charge in [-0.1, -0.05) is 56.4 Å². The number of nitriles is 1. The van der Waals surface area contributed by atoms with Crippen LogP contribution in [0.5, 0.6) is 5.75 Å². The Morgan fingerprint density at radius 2 is 1.65 bits per heavy atom. The quantitative estimate of drug-likeness (QED) is 0.518. The molecule has 5 rings (SSSR count). The van der Waals surface area contributed by atoms with Gasteiger partial charge in [-0.3, -0.25) is 14.4 Å². The first kappa shape index (κ1) is 27.7. The summed E-state index contributed by atoms with van der Waals surface area (Å²) in [5.41, 5.74) is 2.03. The fourth-order valence-electron chi connectivity index (χ4n) is 6.62. The molecular weight excluding hydrogens is 504 g/mol. The van der Waals surface area contributed by atoms with Crippen LogP contribution in [0.4, 0.5) is 0 Å². The molecule has 2 N–H and O–H groups in total. The molecule has 8 nitrogen and oxygen atoms in total. The molecule has 210 valence electrons. The predicted octanol–water partition coefficient (Wildman–Crippen LogP) is 4.23. The molecule has 0 bridgehead atoms. The van der Waals surface area contributed by atoms with Gasteiger partial charge in [0.05, 0.1) is 11.6 Å². The maximum atomic E-state index is 14.2. The van der Waals surface area contributed by atoms with Crippen molar-refractivity contribution in [2.24, 2.45) is 5.92 Å². The van der Waals surface area contributed by atoms with E-state index in [1.165, 1.54) is 6.42 Å². The number of nitrogens with one attached hydrogen (secondary N) is 1. The second-order valence-electron chi connectivity index (χ2n) is 11.4. The first-order valence-corrected chi connectivity index (χ1v) is 14.6. The summed E-state index contributed by atoms with van der Waals surface area (Å²) in [5.74, 6) is 0.0114. The molecular formula is C32H38N4O4. The van der Waals surface area contributed by atoms with Crippen LogP contribution in [0.2, 0.25) is 0 Å². The molecule has 2 aromatic rings. The maximum Gasteiger partial charge on any atom is 0.247 e. The van der Waals surface area contributed by atoms with Crippen LogP contribution in [0.15, 0.2) is 48.5 Å². The van der Waals surface area contributed by atoms with Crippen LogP contribution in [0.25, 0.3) is 0 Å². The minimum Gasteiger partial charge on any atom is -0.508 e. The van der Waals surface area contributed by atoms with Gasteiger partial charge in [-0.25, -0.2) is 0 Å². The van der Waals surface area contributed by atoms with Gasteiger partial charge in [0, 0.05) is 13.1 Å². The average Bonchev–Trinajstić information content (AvgIpc) is 2.99. The van der Waals surface area contributed by atoms with E-state index in [0.717, 1.165) is 44.1 Å². The number of fused-ring (bicyclic) bond motifs is 1. The molecule has 0 radical (unpaired) electrons. The monoisotopic (exact) mass is 542 g/mol. The second kappa shape index (κ2) is 12.5. The van der Waals surface area contributed by atoms with E-state index in [2.05, 4.69) is 11.4 Å². The van der Waals surface area contributed by atoms with E-state index in [-0.39, 0.29) is 23.5 Å². The smallest absolute Gasteiger partial charge is 0.247 e. The number of hydrogen-bond acceptors (Lipinski definition) is 5. The lowest BCUT2D eigenvalue weighted by molar-refractivity contribution is -0.169. The van der Waals surface area contributed by atoms with E-state index < -0.39 is 18.1 Å². The van der Waals surface area contributed by atoms with E-state index >= 15 is 0 Å². The number of amides is 3. The average molecular weight is 543 g/mol. The highest BCUT2D eigenvalue weighted by Gasteiger charge is 2.51. The number of carbonyl (C=O) groups is 3. The summed E-state index contributed by atoms with van der Waals surface area (Å²) in [4.78, 5) is 45.5. The third-order valence-corrected chi connectivity index (χ3v) is 8.76. The molecule has 0 spiro atoms. The lowest BCUT2D eigenvalue weighted by Crippen LogP contribution is -2.67. The molecule has 2 saturated heterocycles. The molecule has 2 heterocycles. The molecule has 1 saturated carbocycles. The van der Waals surface area contributed by atoms with Crippen LogP contribution >= 0.6 is 0 Å². The first-order chi connectivity index (χ1) is 19.5.